The molecule has 2 heterocycles. The Hall–Kier alpha value is -2.41. The molecule has 0 aliphatic heterocycles. The molecule has 20 heavy (non-hydrogen) atoms. The number of rotatable bonds is 7. The van der Waals surface area contributed by atoms with Gasteiger partial charge in [0.05, 0.1) is 19.4 Å². The quantitative estimate of drug-likeness (QED) is 0.735. The molecule has 7 nitrogen and oxygen atoms in total. The number of nitrogens with zero attached hydrogens (tertiary/aromatic N) is 2. The van der Waals surface area contributed by atoms with E-state index in [1.807, 2.05) is 12.1 Å². The number of ether oxygens (including phenoxy) is 1. The highest BCUT2D eigenvalue weighted by Gasteiger charge is 2.07. The molecule has 0 aromatic carbocycles. The molecule has 0 saturated heterocycles. The van der Waals surface area contributed by atoms with E-state index in [4.69, 9.17) is 9.15 Å². The normalized spacial score (nSPS) is 10.2. The highest BCUT2D eigenvalue weighted by atomic mass is 16.5. The molecular weight excluding hydrogens is 260 g/mol. The number of nitrogens with one attached hydrogen (secondary N) is 2. The molecule has 2 N–H and O–H groups in total. The van der Waals surface area contributed by atoms with Gasteiger partial charge < -0.3 is 19.8 Å². The van der Waals surface area contributed by atoms with Crippen LogP contribution in [0, 0.1) is 0 Å². The Labute approximate surface area is 116 Å². The Balaban J connectivity index is 1.84. The van der Waals surface area contributed by atoms with Crippen molar-refractivity contribution in [2.45, 2.75) is 6.54 Å². The first-order chi connectivity index (χ1) is 9.79. The van der Waals surface area contributed by atoms with E-state index in [2.05, 4.69) is 20.8 Å². The van der Waals surface area contributed by atoms with Crippen molar-refractivity contribution in [3.63, 3.8) is 0 Å². The highest BCUT2D eigenvalue weighted by Crippen LogP contribution is 2.06. The molecule has 0 aliphatic rings. The predicted molar refractivity (Wildman–Crippen MR) is 72.3 cm³/mol. The van der Waals surface area contributed by atoms with Gasteiger partial charge in [0.25, 0.3) is 5.91 Å². The molecule has 0 saturated carbocycles. The summed E-state index contributed by atoms with van der Waals surface area (Å²) in [6.45, 7) is 1.42. The van der Waals surface area contributed by atoms with Gasteiger partial charge >= 0.3 is 0 Å². The molecule has 0 spiro atoms. The third kappa shape index (κ3) is 4.06. The van der Waals surface area contributed by atoms with Crippen LogP contribution in [0.4, 0.5) is 5.82 Å². The number of aromatic nitrogens is 2. The first-order valence-corrected chi connectivity index (χ1v) is 6.16. The van der Waals surface area contributed by atoms with Gasteiger partial charge in [0, 0.05) is 13.7 Å². The summed E-state index contributed by atoms with van der Waals surface area (Å²) in [5.74, 6) is 1.11. The lowest BCUT2D eigenvalue weighted by molar-refractivity contribution is 0.0931. The van der Waals surface area contributed by atoms with Gasteiger partial charge in [-0.2, -0.15) is 0 Å². The fraction of sp³-hybridized carbons (Fsp3) is 0.308. The lowest BCUT2D eigenvalue weighted by Crippen LogP contribution is -2.27. The van der Waals surface area contributed by atoms with Crippen molar-refractivity contribution < 1.29 is 13.9 Å². The van der Waals surface area contributed by atoms with Crippen molar-refractivity contribution >= 4 is 11.7 Å². The highest BCUT2D eigenvalue weighted by molar-refractivity contribution is 5.92. The molecule has 2 aromatic heterocycles. The van der Waals surface area contributed by atoms with Crippen LogP contribution in [0.3, 0.4) is 0 Å². The molecule has 0 bridgehead atoms. The maximum atomic E-state index is 11.7. The number of methoxy groups -OCH3 is 1. The van der Waals surface area contributed by atoms with Gasteiger partial charge in [-0.3, -0.25) is 4.79 Å². The number of furan rings is 1. The number of carbonyl (C=O) groups is 1. The number of carbonyl (C=O) groups excluding carboxylic acids is 1. The van der Waals surface area contributed by atoms with Crippen LogP contribution in [0.1, 0.15) is 16.2 Å². The first-order valence-electron chi connectivity index (χ1n) is 6.16. The zero-order valence-corrected chi connectivity index (χ0v) is 11.1. The fourth-order valence-corrected chi connectivity index (χ4v) is 1.50. The molecule has 2 rings (SSSR count). The second kappa shape index (κ2) is 7.25. The van der Waals surface area contributed by atoms with Gasteiger partial charge in [-0.05, 0) is 24.3 Å². The van der Waals surface area contributed by atoms with Crippen LogP contribution in [-0.2, 0) is 11.3 Å². The minimum absolute atomic E-state index is 0.268. The zero-order valence-electron chi connectivity index (χ0n) is 11.1. The summed E-state index contributed by atoms with van der Waals surface area (Å²) in [6.07, 6.45) is 1.61. The molecule has 106 valence electrons. The maximum Gasteiger partial charge on any atom is 0.271 e. The van der Waals surface area contributed by atoms with Crippen molar-refractivity contribution in [1.82, 2.24) is 15.5 Å². The van der Waals surface area contributed by atoms with E-state index in [1.165, 1.54) is 0 Å². The maximum absolute atomic E-state index is 11.7. The lowest BCUT2D eigenvalue weighted by atomic mass is 10.3. The van der Waals surface area contributed by atoms with Crippen LogP contribution >= 0.6 is 0 Å². The van der Waals surface area contributed by atoms with Gasteiger partial charge in [-0.1, -0.05) is 0 Å². The van der Waals surface area contributed by atoms with Gasteiger partial charge in [-0.25, -0.2) is 0 Å². The lowest BCUT2D eigenvalue weighted by Gasteiger charge is -2.05. The van der Waals surface area contributed by atoms with Gasteiger partial charge in [0.1, 0.15) is 11.6 Å². The number of anilines is 1. The standard InChI is InChI=1S/C13H16N4O3/c1-19-8-6-14-13(18)11-4-5-12(17-16-11)15-9-10-3-2-7-20-10/h2-5,7H,6,8-9H2,1H3,(H,14,18)(H,15,17). The molecule has 0 radical (unpaired) electrons. The van der Waals surface area contributed by atoms with Crippen LogP contribution in [0.25, 0.3) is 0 Å². The van der Waals surface area contributed by atoms with Crippen LogP contribution < -0.4 is 10.6 Å². The summed E-state index contributed by atoms with van der Waals surface area (Å²) in [6, 6.07) is 6.98. The molecule has 2 aromatic rings. The first kappa shape index (κ1) is 14.0. The number of hydrogen-bond acceptors (Lipinski definition) is 6. The summed E-state index contributed by atoms with van der Waals surface area (Å²) in [5, 5.41) is 13.5. The molecule has 0 fully saturated rings. The smallest absolute Gasteiger partial charge is 0.271 e. The summed E-state index contributed by atoms with van der Waals surface area (Å²) >= 11 is 0. The molecule has 7 heteroatoms. The van der Waals surface area contributed by atoms with E-state index in [1.54, 1.807) is 25.5 Å². The molecule has 0 unspecified atom stereocenters. The number of amides is 1. The van der Waals surface area contributed by atoms with E-state index in [-0.39, 0.29) is 11.6 Å². The summed E-state index contributed by atoms with van der Waals surface area (Å²) in [5.41, 5.74) is 0.268. The van der Waals surface area contributed by atoms with E-state index in [0.29, 0.717) is 25.5 Å². The Morgan fingerprint density at radius 3 is 2.90 bits per heavy atom. The number of hydrogen-bond donors (Lipinski definition) is 2. The van der Waals surface area contributed by atoms with Gasteiger partial charge in [0.2, 0.25) is 0 Å². The minimum atomic E-state index is -0.271. The zero-order chi connectivity index (χ0) is 14.2. The van der Waals surface area contributed by atoms with Crippen molar-refractivity contribution in [2.75, 3.05) is 25.6 Å². The summed E-state index contributed by atoms with van der Waals surface area (Å²) < 4.78 is 10.0. The van der Waals surface area contributed by atoms with Crippen molar-refractivity contribution in [2.24, 2.45) is 0 Å². The van der Waals surface area contributed by atoms with E-state index in [9.17, 15) is 4.79 Å². The average Bonchev–Trinajstić information content (AvgIpc) is 2.99. The topological polar surface area (TPSA) is 89.3 Å². The molecular formula is C13H16N4O3. The van der Waals surface area contributed by atoms with Crippen molar-refractivity contribution in [3.05, 3.63) is 42.0 Å². The second-order valence-corrected chi connectivity index (χ2v) is 3.99. The Morgan fingerprint density at radius 2 is 2.25 bits per heavy atom. The SMILES string of the molecule is COCCNC(=O)c1ccc(NCc2ccco2)nn1. The summed E-state index contributed by atoms with van der Waals surface area (Å²) in [7, 11) is 1.57. The Kier molecular flexibility index (Phi) is 5.08. The Bertz CT molecular complexity index is 525. The molecule has 1 amide bonds. The molecule has 0 atom stereocenters. The van der Waals surface area contributed by atoms with E-state index >= 15 is 0 Å². The van der Waals surface area contributed by atoms with Crippen molar-refractivity contribution in [3.8, 4) is 0 Å². The summed E-state index contributed by atoms with van der Waals surface area (Å²) in [4.78, 5) is 11.7. The van der Waals surface area contributed by atoms with Gasteiger partial charge in [-0.15, -0.1) is 10.2 Å². The minimum Gasteiger partial charge on any atom is -0.467 e. The monoisotopic (exact) mass is 276 g/mol. The Morgan fingerprint density at radius 1 is 1.35 bits per heavy atom. The van der Waals surface area contributed by atoms with Crippen LogP contribution in [0.5, 0.6) is 0 Å². The van der Waals surface area contributed by atoms with Gasteiger partial charge in [0.15, 0.2) is 5.69 Å². The van der Waals surface area contributed by atoms with Crippen molar-refractivity contribution in [1.29, 1.82) is 0 Å². The van der Waals surface area contributed by atoms with Crippen LogP contribution in [0.15, 0.2) is 34.9 Å². The largest absolute Gasteiger partial charge is 0.467 e. The van der Waals surface area contributed by atoms with Crippen LogP contribution in [-0.4, -0.2) is 36.4 Å². The molecule has 0 aliphatic carbocycles. The van der Waals surface area contributed by atoms with E-state index < -0.39 is 0 Å². The second-order valence-electron chi connectivity index (χ2n) is 3.99. The third-order valence-electron chi connectivity index (χ3n) is 2.51. The van der Waals surface area contributed by atoms with E-state index in [0.717, 1.165) is 5.76 Å². The third-order valence-corrected chi connectivity index (χ3v) is 2.51. The predicted octanol–water partition coefficient (Wildman–Crippen LogP) is 1.06. The average molecular weight is 276 g/mol. The van der Waals surface area contributed by atoms with Crippen LogP contribution in [0.2, 0.25) is 0 Å². The fourth-order valence-electron chi connectivity index (χ4n) is 1.50.